The molecule has 0 radical (unpaired) electrons. The lowest BCUT2D eigenvalue weighted by Gasteiger charge is -2.19. The lowest BCUT2D eigenvalue weighted by molar-refractivity contribution is 0.100. The summed E-state index contributed by atoms with van der Waals surface area (Å²) in [6.07, 6.45) is 1.11. The maximum absolute atomic E-state index is 11.1. The molecule has 0 aliphatic carbocycles. The van der Waals surface area contributed by atoms with Gasteiger partial charge in [0.15, 0.2) is 0 Å². The summed E-state index contributed by atoms with van der Waals surface area (Å²) < 4.78 is 0. The predicted octanol–water partition coefficient (Wildman–Crippen LogP) is 2.74. The molecular weight excluding hydrogens is 256 g/mol. The summed E-state index contributed by atoms with van der Waals surface area (Å²) >= 11 is 8.05. The van der Waals surface area contributed by atoms with E-state index in [9.17, 15) is 4.79 Å². The Morgan fingerprint density at radius 1 is 1.59 bits per heavy atom. The monoisotopic (exact) mass is 270 g/mol. The van der Waals surface area contributed by atoms with Crippen molar-refractivity contribution in [3.05, 3.63) is 28.8 Å². The molecule has 0 aromatic heterocycles. The van der Waals surface area contributed by atoms with Crippen molar-refractivity contribution in [3.63, 3.8) is 0 Å². The van der Waals surface area contributed by atoms with E-state index in [4.69, 9.17) is 17.3 Å². The number of benzene rings is 1. The molecule has 1 heterocycles. The molecule has 1 aromatic carbocycles. The maximum Gasteiger partial charge on any atom is 0.248 e. The second-order valence-electron chi connectivity index (χ2n) is 4.17. The molecule has 0 bridgehead atoms. The molecule has 2 unspecified atom stereocenters. The van der Waals surface area contributed by atoms with Crippen molar-refractivity contribution in [2.24, 2.45) is 5.73 Å². The highest BCUT2D eigenvalue weighted by atomic mass is 35.5. The highest BCUT2D eigenvalue weighted by Crippen LogP contribution is 2.31. The van der Waals surface area contributed by atoms with E-state index in [0.717, 1.165) is 17.9 Å². The van der Waals surface area contributed by atoms with E-state index in [1.165, 1.54) is 0 Å². The van der Waals surface area contributed by atoms with Crippen LogP contribution in [0, 0.1) is 0 Å². The van der Waals surface area contributed by atoms with Gasteiger partial charge in [0, 0.05) is 16.9 Å². The number of carbonyl (C=O) groups is 1. The fraction of sp³-hybridized carbons (Fsp3) is 0.417. The highest BCUT2D eigenvalue weighted by Gasteiger charge is 2.24. The zero-order valence-corrected chi connectivity index (χ0v) is 11.1. The number of anilines is 1. The molecule has 3 N–H and O–H groups in total. The van der Waals surface area contributed by atoms with Crippen molar-refractivity contribution >= 4 is 35.0 Å². The van der Waals surface area contributed by atoms with E-state index in [-0.39, 0.29) is 0 Å². The van der Waals surface area contributed by atoms with Crippen LogP contribution in [-0.4, -0.2) is 23.0 Å². The van der Waals surface area contributed by atoms with Gasteiger partial charge >= 0.3 is 0 Å². The number of halogens is 1. The van der Waals surface area contributed by atoms with Crippen molar-refractivity contribution in [1.82, 2.24) is 0 Å². The first-order valence-corrected chi connectivity index (χ1v) is 6.98. The first-order chi connectivity index (χ1) is 8.08. The number of hydrogen-bond acceptors (Lipinski definition) is 3. The molecule has 1 aliphatic rings. The Balaban J connectivity index is 2.19. The normalized spacial score (nSPS) is 23.6. The van der Waals surface area contributed by atoms with Crippen LogP contribution < -0.4 is 11.1 Å². The van der Waals surface area contributed by atoms with Crippen LogP contribution in [0.4, 0.5) is 5.69 Å². The Labute approximate surface area is 110 Å². The van der Waals surface area contributed by atoms with Crippen molar-refractivity contribution in [2.75, 3.05) is 11.1 Å². The van der Waals surface area contributed by atoms with Crippen LogP contribution in [0.1, 0.15) is 23.7 Å². The second kappa shape index (κ2) is 5.19. The average Bonchev–Trinajstić information content (AvgIpc) is 2.67. The van der Waals surface area contributed by atoms with Gasteiger partial charge in [0.25, 0.3) is 0 Å². The van der Waals surface area contributed by atoms with Crippen molar-refractivity contribution < 1.29 is 4.79 Å². The van der Waals surface area contributed by atoms with Gasteiger partial charge in [0.2, 0.25) is 5.91 Å². The van der Waals surface area contributed by atoms with Crippen LogP contribution >= 0.6 is 23.4 Å². The third-order valence-corrected chi connectivity index (χ3v) is 4.62. The van der Waals surface area contributed by atoms with E-state index < -0.39 is 5.91 Å². The van der Waals surface area contributed by atoms with Gasteiger partial charge in [-0.1, -0.05) is 18.5 Å². The fourth-order valence-corrected chi connectivity index (χ4v) is 3.28. The zero-order chi connectivity index (χ0) is 12.4. The van der Waals surface area contributed by atoms with Gasteiger partial charge in [-0.25, -0.2) is 0 Å². The van der Waals surface area contributed by atoms with Crippen LogP contribution in [0.25, 0.3) is 0 Å². The van der Waals surface area contributed by atoms with Crippen LogP contribution in [0.2, 0.25) is 5.02 Å². The minimum atomic E-state index is -0.432. The lowest BCUT2D eigenvalue weighted by Crippen LogP contribution is -2.25. The number of primary amides is 1. The van der Waals surface area contributed by atoms with E-state index in [1.54, 1.807) is 18.2 Å². The topological polar surface area (TPSA) is 55.1 Å². The summed E-state index contributed by atoms with van der Waals surface area (Å²) in [5.74, 6) is 0.727. The summed E-state index contributed by atoms with van der Waals surface area (Å²) in [5, 5.41) is 4.58. The Hall–Kier alpha value is -0.870. The third kappa shape index (κ3) is 2.87. The number of thioether (sulfide) groups is 1. The molecule has 1 aliphatic heterocycles. The molecule has 1 amide bonds. The number of amides is 1. The quantitative estimate of drug-likeness (QED) is 0.888. The minimum Gasteiger partial charge on any atom is -0.380 e. The van der Waals surface area contributed by atoms with Crippen molar-refractivity contribution in [3.8, 4) is 0 Å². The summed E-state index contributed by atoms with van der Waals surface area (Å²) in [6.45, 7) is 2.20. The molecule has 0 spiro atoms. The van der Waals surface area contributed by atoms with Crippen LogP contribution in [0.5, 0.6) is 0 Å². The van der Waals surface area contributed by atoms with E-state index >= 15 is 0 Å². The summed E-state index contributed by atoms with van der Waals surface area (Å²) in [4.78, 5) is 11.1. The molecule has 17 heavy (non-hydrogen) atoms. The van der Waals surface area contributed by atoms with Crippen molar-refractivity contribution in [2.45, 2.75) is 24.6 Å². The fourth-order valence-electron chi connectivity index (χ4n) is 1.91. The highest BCUT2D eigenvalue weighted by molar-refractivity contribution is 8.00. The molecule has 0 saturated carbocycles. The Kier molecular flexibility index (Phi) is 3.84. The molecule has 3 nitrogen and oxygen atoms in total. The Bertz CT molecular complexity index is 439. The largest absolute Gasteiger partial charge is 0.380 e. The lowest BCUT2D eigenvalue weighted by atomic mass is 10.1. The minimum absolute atomic E-state index is 0.403. The van der Waals surface area contributed by atoms with Gasteiger partial charge in [-0.2, -0.15) is 11.8 Å². The smallest absolute Gasteiger partial charge is 0.248 e. The van der Waals surface area contributed by atoms with E-state index in [2.05, 4.69) is 12.2 Å². The first kappa shape index (κ1) is 12.6. The van der Waals surface area contributed by atoms with Gasteiger partial charge < -0.3 is 11.1 Å². The number of hydrogen-bond donors (Lipinski definition) is 2. The van der Waals surface area contributed by atoms with Crippen molar-refractivity contribution in [1.29, 1.82) is 0 Å². The van der Waals surface area contributed by atoms with Crippen LogP contribution in [0.3, 0.4) is 0 Å². The SMILES string of the molecule is CC1SCCC1Nc1cc(C(N)=O)ccc1Cl. The first-order valence-electron chi connectivity index (χ1n) is 5.55. The molecule has 1 aromatic rings. The molecular formula is C12H15ClN2OS. The van der Waals surface area contributed by atoms with Crippen LogP contribution in [-0.2, 0) is 0 Å². The molecule has 2 atom stereocenters. The summed E-state index contributed by atoms with van der Waals surface area (Å²) in [5.41, 5.74) is 6.53. The van der Waals surface area contributed by atoms with E-state index in [0.29, 0.717) is 21.9 Å². The molecule has 1 saturated heterocycles. The predicted molar refractivity (Wildman–Crippen MR) is 73.9 cm³/mol. The van der Waals surface area contributed by atoms with Gasteiger partial charge in [0.05, 0.1) is 10.7 Å². The van der Waals surface area contributed by atoms with Gasteiger partial charge in [0.1, 0.15) is 0 Å². The number of nitrogens with two attached hydrogens (primary N) is 1. The van der Waals surface area contributed by atoms with Gasteiger partial charge in [-0.05, 0) is 30.4 Å². The second-order valence-corrected chi connectivity index (χ2v) is 6.07. The number of carbonyl (C=O) groups excluding carboxylic acids is 1. The molecule has 1 fully saturated rings. The van der Waals surface area contributed by atoms with Gasteiger partial charge in [-0.3, -0.25) is 4.79 Å². The zero-order valence-electron chi connectivity index (χ0n) is 9.57. The van der Waals surface area contributed by atoms with E-state index in [1.807, 2.05) is 11.8 Å². The Morgan fingerprint density at radius 2 is 2.35 bits per heavy atom. The Morgan fingerprint density at radius 3 is 2.94 bits per heavy atom. The summed E-state index contributed by atoms with van der Waals surface area (Å²) in [7, 11) is 0. The molecule has 2 rings (SSSR count). The molecule has 92 valence electrons. The third-order valence-electron chi connectivity index (χ3n) is 2.97. The van der Waals surface area contributed by atoms with Crippen LogP contribution in [0.15, 0.2) is 18.2 Å². The average molecular weight is 271 g/mol. The number of rotatable bonds is 3. The maximum atomic E-state index is 11.1. The van der Waals surface area contributed by atoms with Gasteiger partial charge in [-0.15, -0.1) is 0 Å². The standard InChI is InChI=1S/C12H15ClN2OS/c1-7-10(4-5-17-7)15-11-6-8(12(14)16)2-3-9(11)13/h2-3,6-7,10,15H,4-5H2,1H3,(H2,14,16). The summed E-state index contributed by atoms with van der Waals surface area (Å²) in [6, 6.07) is 5.47. The number of nitrogens with one attached hydrogen (secondary N) is 1. The molecule has 5 heteroatoms.